The normalized spacial score (nSPS) is 11.1. The molecule has 124 valence electrons. The van der Waals surface area contributed by atoms with Crippen molar-refractivity contribution in [1.29, 1.82) is 0 Å². The monoisotopic (exact) mass is 328 g/mol. The van der Waals surface area contributed by atoms with E-state index < -0.39 is 0 Å². The summed E-state index contributed by atoms with van der Waals surface area (Å²) in [5, 5.41) is 2.98. The van der Waals surface area contributed by atoms with Gasteiger partial charge in [0, 0.05) is 24.5 Å². The molecule has 1 heterocycles. The van der Waals surface area contributed by atoms with E-state index in [9.17, 15) is 4.79 Å². The van der Waals surface area contributed by atoms with Crippen molar-refractivity contribution in [2.45, 2.75) is 6.42 Å². The molecule has 0 unspecified atom stereocenters. The Morgan fingerprint density at radius 2 is 1.48 bits per heavy atom. The van der Waals surface area contributed by atoms with Crippen LogP contribution in [0.5, 0.6) is 0 Å². The van der Waals surface area contributed by atoms with E-state index in [2.05, 4.69) is 40.6 Å². The summed E-state index contributed by atoms with van der Waals surface area (Å²) >= 11 is 0. The van der Waals surface area contributed by atoms with Crippen molar-refractivity contribution < 1.29 is 4.79 Å². The van der Waals surface area contributed by atoms with Gasteiger partial charge in [0.15, 0.2) is 0 Å². The Morgan fingerprint density at radius 3 is 2.16 bits per heavy atom. The molecule has 0 atom stereocenters. The molecule has 2 aromatic carbocycles. The van der Waals surface area contributed by atoms with Gasteiger partial charge in [0.1, 0.15) is 0 Å². The summed E-state index contributed by atoms with van der Waals surface area (Å²) in [4.78, 5) is 16.1. The molecule has 0 fully saturated rings. The highest BCUT2D eigenvalue weighted by molar-refractivity contribution is 5.94. The van der Waals surface area contributed by atoms with E-state index in [4.69, 9.17) is 0 Å². The molecule has 3 heteroatoms. The summed E-state index contributed by atoms with van der Waals surface area (Å²) in [7, 11) is 0. The van der Waals surface area contributed by atoms with Crippen LogP contribution in [0, 0.1) is 0 Å². The van der Waals surface area contributed by atoms with Crippen LogP contribution in [-0.4, -0.2) is 17.4 Å². The first-order valence-electron chi connectivity index (χ1n) is 8.32. The van der Waals surface area contributed by atoms with Crippen LogP contribution in [0.4, 0.5) is 0 Å². The van der Waals surface area contributed by atoms with Crippen LogP contribution in [0.25, 0.3) is 11.6 Å². The fourth-order valence-corrected chi connectivity index (χ4v) is 2.62. The minimum atomic E-state index is -0.0745. The van der Waals surface area contributed by atoms with E-state index in [1.165, 1.54) is 11.1 Å². The second kappa shape index (κ2) is 8.60. The number of nitrogens with zero attached hydrogens (tertiary/aromatic N) is 1. The number of pyridine rings is 1. The van der Waals surface area contributed by atoms with Gasteiger partial charge in [0.05, 0.1) is 0 Å². The molecule has 0 aliphatic rings. The van der Waals surface area contributed by atoms with Gasteiger partial charge in [-0.2, -0.15) is 0 Å². The number of nitrogens with one attached hydrogen (secondary N) is 1. The van der Waals surface area contributed by atoms with Crippen molar-refractivity contribution in [2.75, 3.05) is 6.54 Å². The maximum atomic E-state index is 12.2. The number of benzene rings is 2. The third-order valence-electron chi connectivity index (χ3n) is 3.91. The van der Waals surface area contributed by atoms with Gasteiger partial charge >= 0.3 is 0 Å². The van der Waals surface area contributed by atoms with Crippen molar-refractivity contribution in [2.24, 2.45) is 0 Å². The molecule has 0 radical (unpaired) electrons. The lowest BCUT2D eigenvalue weighted by Gasteiger charge is -2.10. The standard InChI is InChI=1S/C22H20N2O/c25-22(20-11-14-23-15-12-20)24-16-13-21(19-9-5-2-6-10-19)17-18-7-3-1-4-8-18/h1-12,14-15,17H,13,16H2,(H,24,25)/b21-17+. The van der Waals surface area contributed by atoms with Gasteiger partial charge in [0.2, 0.25) is 0 Å². The molecule has 0 aliphatic carbocycles. The highest BCUT2D eigenvalue weighted by Crippen LogP contribution is 2.21. The van der Waals surface area contributed by atoms with Gasteiger partial charge in [-0.1, -0.05) is 66.7 Å². The lowest BCUT2D eigenvalue weighted by Crippen LogP contribution is -2.24. The van der Waals surface area contributed by atoms with Crippen LogP contribution >= 0.6 is 0 Å². The molecule has 0 saturated carbocycles. The number of hydrogen-bond donors (Lipinski definition) is 1. The van der Waals surface area contributed by atoms with E-state index in [-0.39, 0.29) is 5.91 Å². The highest BCUT2D eigenvalue weighted by Gasteiger charge is 2.06. The Hall–Kier alpha value is -3.20. The summed E-state index contributed by atoms with van der Waals surface area (Å²) in [6.07, 6.45) is 6.18. The van der Waals surface area contributed by atoms with E-state index in [1.807, 2.05) is 36.4 Å². The smallest absolute Gasteiger partial charge is 0.251 e. The first kappa shape index (κ1) is 16.7. The largest absolute Gasteiger partial charge is 0.352 e. The maximum absolute atomic E-state index is 12.2. The van der Waals surface area contributed by atoms with Gasteiger partial charge in [-0.15, -0.1) is 0 Å². The van der Waals surface area contributed by atoms with Gasteiger partial charge in [-0.05, 0) is 35.3 Å². The van der Waals surface area contributed by atoms with Crippen LogP contribution in [0.3, 0.4) is 0 Å². The Kier molecular flexibility index (Phi) is 5.73. The molecule has 3 rings (SSSR count). The number of rotatable bonds is 6. The molecule has 1 N–H and O–H groups in total. The summed E-state index contributed by atoms with van der Waals surface area (Å²) in [5.74, 6) is -0.0745. The fourth-order valence-electron chi connectivity index (χ4n) is 2.62. The Labute approximate surface area is 148 Å². The predicted molar refractivity (Wildman–Crippen MR) is 102 cm³/mol. The van der Waals surface area contributed by atoms with Crippen LogP contribution in [0.15, 0.2) is 85.2 Å². The molecule has 3 nitrogen and oxygen atoms in total. The summed E-state index contributed by atoms with van der Waals surface area (Å²) in [5.41, 5.74) is 4.15. The zero-order valence-corrected chi connectivity index (χ0v) is 13.9. The fraction of sp³-hybridized carbons (Fsp3) is 0.0909. The van der Waals surface area contributed by atoms with Gasteiger partial charge in [-0.25, -0.2) is 0 Å². The van der Waals surface area contributed by atoms with Crippen molar-refractivity contribution in [3.8, 4) is 0 Å². The summed E-state index contributed by atoms with van der Waals surface area (Å²) < 4.78 is 0. The van der Waals surface area contributed by atoms with E-state index in [1.54, 1.807) is 24.5 Å². The Bertz CT molecular complexity index is 828. The van der Waals surface area contributed by atoms with Gasteiger partial charge in [0.25, 0.3) is 5.91 Å². The Balaban J connectivity index is 1.71. The van der Waals surface area contributed by atoms with Crippen LogP contribution in [-0.2, 0) is 0 Å². The second-order valence-corrected chi connectivity index (χ2v) is 5.69. The second-order valence-electron chi connectivity index (χ2n) is 5.69. The molecule has 3 aromatic rings. The van der Waals surface area contributed by atoms with Gasteiger partial charge in [-0.3, -0.25) is 9.78 Å². The van der Waals surface area contributed by atoms with Gasteiger partial charge < -0.3 is 5.32 Å². The predicted octanol–water partition coefficient (Wildman–Crippen LogP) is 4.44. The minimum Gasteiger partial charge on any atom is -0.352 e. The van der Waals surface area contributed by atoms with E-state index in [0.29, 0.717) is 12.1 Å². The molecule has 1 aromatic heterocycles. The van der Waals surface area contributed by atoms with E-state index in [0.717, 1.165) is 12.0 Å². The Morgan fingerprint density at radius 1 is 0.840 bits per heavy atom. The minimum absolute atomic E-state index is 0.0745. The number of amides is 1. The number of carbonyl (C=O) groups excluding carboxylic acids is 1. The maximum Gasteiger partial charge on any atom is 0.251 e. The molecule has 0 bridgehead atoms. The third-order valence-corrected chi connectivity index (χ3v) is 3.91. The third kappa shape index (κ3) is 4.88. The lowest BCUT2D eigenvalue weighted by molar-refractivity contribution is 0.0954. The van der Waals surface area contributed by atoms with Crippen LogP contribution in [0.1, 0.15) is 27.9 Å². The lowest BCUT2D eigenvalue weighted by atomic mass is 10.00. The molecule has 0 spiro atoms. The molecule has 25 heavy (non-hydrogen) atoms. The summed E-state index contributed by atoms with van der Waals surface area (Å²) in [6.45, 7) is 0.578. The van der Waals surface area contributed by atoms with Crippen LogP contribution in [0.2, 0.25) is 0 Å². The number of carbonyl (C=O) groups is 1. The zero-order chi connectivity index (χ0) is 17.3. The van der Waals surface area contributed by atoms with Crippen molar-refractivity contribution in [3.63, 3.8) is 0 Å². The molecule has 0 saturated heterocycles. The summed E-state index contributed by atoms with van der Waals surface area (Å²) in [6, 6.07) is 23.9. The number of hydrogen-bond acceptors (Lipinski definition) is 2. The average Bonchev–Trinajstić information content (AvgIpc) is 2.69. The van der Waals surface area contributed by atoms with E-state index >= 15 is 0 Å². The topological polar surface area (TPSA) is 42.0 Å². The molecule has 0 aliphatic heterocycles. The highest BCUT2D eigenvalue weighted by atomic mass is 16.1. The molecule has 1 amide bonds. The number of aromatic nitrogens is 1. The van der Waals surface area contributed by atoms with Crippen molar-refractivity contribution >= 4 is 17.6 Å². The quantitative estimate of drug-likeness (QED) is 0.680. The average molecular weight is 328 g/mol. The first-order valence-corrected chi connectivity index (χ1v) is 8.32. The van der Waals surface area contributed by atoms with Crippen molar-refractivity contribution in [1.82, 2.24) is 10.3 Å². The molecular weight excluding hydrogens is 308 g/mol. The zero-order valence-electron chi connectivity index (χ0n) is 13.9. The van der Waals surface area contributed by atoms with Crippen molar-refractivity contribution in [3.05, 3.63) is 102 Å². The SMILES string of the molecule is O=C(NCC/C(=C\c1ccccc1)c1ccccc1)c1ccncc1. The van der Waals surface area contributed by atoms with Crippen LogP contribution < -0.4 is 5.32 Å². The first-order chi connectivity index (χ1) is 12.3. The molecular formula is C22H20N2O.